The van der Waals surface area contributed by atoms with Crippen molar-refractivity contribution < 1.29 is 4.79 Å². The maximum atomic E-state index is 12.2. The molecule has 2 aromatic heterocycles. The van der Waals surface area contributed by atoms with Crippen LogP contribution >= 0.6 is 11.8 Å². The maximum absolute atomic E-state index is 12.2. The molecule has 0 bridgehead atoms. The van der Waals surface area contributed by atoms with Crippen LogP contribution in [0, 0.1) is 20.8 Å². The van der Waals surface area contributed by atoms with Gasteiger partial charge in [0.15, 0.2) is 0 Å². The molecule has 7 nitrogen and oxygen atoms in total. The first-order valence-electron chi connectivity index (χ1n) is 9.09. The Bertz CT molecular complexity index is 1190. The van der Waals surface area contributed by atoms with E-state index in [1.807, 2.05) is 69.3 Å². The minimum atomic E-state index is -0.277. The Morgan fingerprint density at radius 1 is 1.00 bits per heavy atom. The third-order valence-electron chi connectivity index (χ3n) is 4.46. The summed E-state index contributed by atoms with van der Waals surface area (Å²) in [6, 6.07) is 15.1. The van der Waals surface area contributed by atoms with Gasteiger partial charge in [-0.1, -0.05) is 23.9 Å². The number of carbonyl (C=O) groups excluding carboxylic acids is 1. The highest BCUT2D eigenvalue weighted by atomic mass is 32.2. The number of nitrogens with one attached hydrogen (secondary N) is 2. The van der Waals surface area contributed by atoms with Gasteiger partial charge in [-0.2, -0.15) is 14.6 Å². The smallest absolute Gasteiger partial charge is 0.308 e. The normalized spacial score (nSPS) is 10.9. The minimum absolute atomic E-state index is 0.277. The fraction of sp³-hybridized carbons (Fsp3) is 0.143. The minimum Gasteiger partial charge on any atom is -0.308 e. The molecular formula is C21H20N6OS. The molecule has 0 aliphatic rings. The Hall–Kier alpha value is -3.39. The van der Waals surface area contributed by atoms with E-state index in [9.17, 15) is 4.79 Å². The number of aromatic nitrogens is 4. The lowest BCUT2D eigenvalue weighted by atomic mass is 10.2. The zero-order valence-electron chi connectivity index (χ0n) is 16.3. The number of carbonyl (C=O) groups is 1. The second kappa shape index (κ2) is 7.92. The van der Waals surface area contributed by atoms with Crippen molar-refractivity contribution in [2.45, 2.75) is 30.7 Å². The van der Waals surface area contributed by atoms with Crippen LogP contribution in [-0.2, 0) is 0 Å². The molecule has 2 heterocycles. The van der Waals surface area contributed by atoms with Gasteiger partial charge >= 0.3 is 6.03 Å². The van der Waals surface area contributed by atoms with Gasteiger partial charge in [-0.15, -0.1) is 0 Å². The van der Waals surface area contributed by atoms with E-state index in [0.717, 1.165) is 32.4 Å². The van der Waals surface area contributed by atoms with Crippen molar-refractivity contribution in [1.82, 2.24) is 19.6 Å². The van der Waals surface area contributed by atoms with E-state index in [2.05, 4.69) is 25.7 Å². The Morgan fingerprint density at radius 3 is 2.52 bits per heavy atom. The highest BCUT2D eigenvalue weighted by Gasteiger charge is 2.12. The molecule has 4 rings (SSSR count). The van der Waals surface area contributed by atoms with Gasteiger partial charge < -0.3 is 10.6 Å². The quantitative estimate of drug-likeness (QED) is 0.475. The van der Waals surface area contributed by atoms with E-state index in [1.165, 1.54) is 6.33 Å². The number of nitrogens with zero attached hydrogens (tertiary/aromatic N) is 4. The van der Waals surface area contributed by atoms with Crippen molar-refractivity contribution in [1.29, 1.82) is 0 Å². The van der Waals surface area contributed by atoms with Gasteiger partial charge in [0.2, 0.25) is 0 Å². The van der Waals surface area contributed by atoms with Crippen molar-refractivity contribution in [2.75, 3.05) is 10.6 Å². The predicted molar refractivity (Wildman–Crippen MR) is 115 cm³/mol. The molecule has 4 aromatic rings. The molecule has 146 valence electrons. The van der Waals surface area contributed by atoms with Crippen LogP contribution in [0.1, 0.15) is 16.8 Å². The molecule has 0 radical (unpaired) electrons. The lowest BCUT2D eigenvalue weighted by molar-refractivity contribution is 0.262. The first kappa shape index (κ1) is 18.9. The van der Waals surface area contributed by atoms with Gasteiger partial charge in [0, 0.05) is 27.5 Å². The summed E-state index contributed by atoms with van der Waals surface area (Å²) in [5.74, 6) is 0.585. The molecule has 0 saturated heterocycles. The average Bonchev–Trinajstić information content (AvgIpc) is 3.14. The summed E-state index contributed by atoms with van der Waals surface area (Å²) < 4.78 is 1.74. The SMILES string of the molecule is Cc1cccc(NC(=O)Nc2ccc(Sc3c(C)c(C)nc4ncnn34)cc2)c1. The molecule has 0 fully saturated rings. The Kier molecular flexibility index (Phi) is 5.18. The van der Waals surface area contributed by atoms with E-state index in [-0.39, 0.29) is 6.03 Å². The van der Waals surface area contributed by atoms with Gasteiger partial charge in [0.25, 0.3) is 5.78 Å². The van der Waals surface area contributed by atoms with E-state index in [1.54, 1.807) is 16.3 Å². The molecule has 8 heteroatoms. The first-order valence-corrected chi connectivity index (χ1v) is 9.91. The van der Waals surface area contributed by atoms with Gasteiger partial charge in [-0.3, -0.25) is 0 Å². The summed E-state index contributed by atoms with van der Waals surface area (Å²) in [7, 11) is 0. The number of urea groups is 1. The number of fused-ring (bicyclic) bond motifs is 1. The lowest BCUT2D eigenvalue weighted by Crippen LogP contribution is -2.19. The number of hydrogen-bond acceptors (Lipinski definition) is 5. The molecule has 0 unspecified atom stereocenters. The van der Waals surface area contributed by atoms with Gasteiger partial charge in [0.05, 0.1) is 0 Å². The molecule has 2 N–H and O–H groups in total. The topological polar surface area (TPSA) is 84.2 Å². The van der Waals surface area contributed by atoms with Crippen LogP contribution in [0.4, 0.5) is 16.2 Å². The number of rotatable bonds is 4. The van der Waals surface area contributed by atoms with Gasteiger partial charge in [-0.05, 0) is 62.7 Å². The van der Waals surface area contributed by atoms with Crippen molar-refractivity contribution in [3.63, 3.8) is 0 Å². The molecule has 0 aliphatic heterocycles. The fourth-order valence-electron chi connectivity index (χ4n) is 2.86. The van der Waals surface area contributed by atoms with Crippen molar-refractivity contribution in [3.05, 3.63) is 71.7 Å². The third kappa shape index (κ3) is 4.22. The highest BCUT2D eigenvalue weighted by Crippen LogP contribution is 2.31. The van der Waals surface area contributed by atoms with Crippen LogP contribution in [0.5, 0.6) is 0 Å². The molecule has 2 amide bonds. The molecule has 2 aromatic carbocycles. The van der Waals surface area contributed by atoms with E-state index < -0.39 is 0 Å². The summed E-state index contributed by atoms with van der Waals surface area (Å²) in [5, 5.41) is 10.9. The fourth-order valence-corrected chi connectivity index (χ4v) is 3.87. The molecule has 0 saturated carbocycles. The van der Waals surface area contributed by atoms with E-state index >= 15 is 0 Å². The predicted octanol–water partition coefficient (Wildman–Crippen LogP) is 4.84. The largest absolute Gasteiger partial charge is 0.323 e. The summed E-state index contributed by atoms with van der Waals surface area (Å²) in [5.41, 5.74) is 4.56. The number of amides is 2. The Labute approximate surface area is 172 Å². The zero-order chi connectivity index (χ0) is 20.4. The zero-order valence-corrected chi connectivity index (χ0v) is 17.1. The highest BCUT2D eigenvalue weighted by molar-refractivity contribution is 7.99. The van der Waals surface area contributed by atoms with Gasteiger partial charge in [0.1, 0.15) is 11.4 Å². The van der Waals surface area contributed by atoms with E-state index in [4.69, 9.17) is 0 Å². The van der Waals surface area contributed by atoms with Crippen LogP contribution < -0.4 is 10.6 Å². The first-order chi connectivity index (χ1) is 14.0. The summed E-state index contributed by atoms with van der Waals surface area (Å²) >= 11 is 1.59. The average molecular weight is 404 g/mol. The third-order valence-corrected chi connectivity index (χ3v) is 5.64. The van der Waals surface area contributed by atoms with Crippen molar-refractivity contribution >= 4 is 34.9 Å². The number of benzene rings is 2. The second-order valence-corrected chi connectivity index (χ2v) is 7.74. The summed E-state index contributed by atoms with van der Waals surface area (Å²) in [6.45, 7) is 5.98. The molecular weight excluding hydrogens is 384 g/mol. The second-order valence-electron chi connectivity index (χ2n) is 6.67. The Balaban J connectivity index is 1.47. The monoisotopic (exact) mass is 404 g/mol. The number of anilines is 2. The van der Waals surface area contributed by atoms with Crippen LogP contribution in [0.25, 0.3) is 5.78 Å². The lowest BCUT2D eigenvalue weighted by Gasteiger charge is -2.11. The maximum Gasteiger partial charge on any atom is 0.323 e. The van der Waals surface area contributed by atoms with Crippen molar-refractivity contribution in [2.24, 2.45) is 0 Å². The molecule has 29 heavy (non-hydrogen) atoms. The van der Waals surface area contributed by atoms with Crippen molar-refractivity contribution in [3.8, 4) is 0 Å². The standard InChI is InChI=1S/C21H20N6OS/c1-13-5-4-6-17(11-13)26-21(28)25-16-7-9-18(10-8-16)29-19-14(2)15(3)24-20-22-12-23-27(19)20/h4-12H,1-3H3,(H2,25,26,28). The van der Waals surface area contributed by atoms with Crippen LogP contribution in [0.15, 0.2) is 64.8 Å². The van der Waals surface area contributed by atoms with Crippen LogP contribution in [-0.4, -0.2) is 25.6 Å². The summed E-state index contributed by atoms with van der Waals surface area (Å²) in [6.07, 6.45) is 1.51. The molecule has 0 aliphatic carbocycles. The Morgan fingerprint density at radius 2 is 1.76 bits per heavy atom. The molecule has 0 atom stereocenters. The van der Waals surface area contributed by atoms with Crippen LogP contribution in [0.2, 0.25) is 0 Å². The van der Waals surface area contributed by atoms with Crippen LogP contribution in [0.3, 0.4) is 0 Å². The molecule has 0 spiro atoms. The summed E-state index contributed by atoms with van der Waals surface area (Å²) in [4.78, 5) is 21.9. The number of hydrogen-bond donors (Lipinski definition) is 2. The van der Waals surface area contributed by atoms with Gasteiger partial charge in [-0.25, -0.2) is 9.78 Å². The van der Waals surface area contributed by atoms with E-state index in [0.29, 0.717) is 11.5 Å². The number of aryl methyl sites for hydroxylation is 2.